The van der Waals surface area contributed by atoms with Crippen LogP contribution in [-0.4, -0.2) is 67.6 Å². The van der Waals surface area contributed by atoms with E-state index in [-0.39, 0.29) is 24.2 Å². The number of benzene rings is 1. The summed E-state index contributed by atoms with van der Waals surface area (Å²) in [7, 11) is 3.27. The summed E-state index contributed by atoms with van der Waals surface area (Å²) in [4.78, 5) is 25.4. The fourth-order valence-corrected chi connectivity index (χ4v) is 3.10. The summed E-state index contributed by atoms with van der Waals surface area (Å²) in [6.45, 7) is 2.67. The Balaban J connectivity index is 1.56. The van der Waals surface area contributed by atoms with Crippen molar-refractivity contribution in [3.8, 4) is 0 Å². The molecule has 1 aliphatic rings. The molecule has 0 saturated carbocycles. The molecule has 10 heteroatoms. The Morgan fingerprint density at radius 2 is 1.77 bits per heavy atom. The van der Waals surface area contributed by atoms with Gasteiger partial charge in [0.1, 0.15) is 5.82 Å². The molecule has 1 aromatic heterocycles. The number of hydrogen-bond acceptors (Lipinski definition) is 6. The zero-order valence-electron chi connectivity index (χ0n) is 17.0. The Hall–Kier alpha value is -2.88. The van der Waals surface area contributed by atoms with Gasteiger partial charge in [-0.2, -0.15) is 18.2 Å². The molecule has 1 aromatic carbocycles. The van der Waals surface area contributed by atoms with Crippen molar-refractivity contribution in [1.29, 1.82) is 0 Å². The standard InChI is InChI=1S/C20H25F3N6O/c1-27(2)17-12-16(20(21,22)23)25-19(26-17)29-10-8-28(9-11-29)14-18(30)24-13-15-6-4-3-5-7-15/h3-7,12H,8-11,13-14H2,1-2H3,(H,24,30). The molecule has 0 spiro atoms. The first-order chi connectivity index (χ1) is 14.2. The smallest absolute Gasteiger partial charge is 0.363 e. The highest BCUT2D eigenvalue weighted by Gasteiger charge is 2.35. The molecule has 2 aromatic rings. The van der Waals surface area contributed by atoms with Crippen molar-refractivity contribution in [2.24, 2.45) is 0 Å². The molecule has 1 amide bonds. The predicted octanol–water partition coefficient (Wildman–Crippen LogP) is 2.00. The molecule has 0 radical (unpaired) electrons. The molecule has 7 nitrogen and oxygen atoms in total. The number of nitrogens with zero attached hydrogens (tertiary/aromatic N) is 5. The van der Waals surface area contributed by atoms with Crippen LogP contribution in [0.15, 0.2) is 36.4 Å². The molecular formula is C20H25F3N6O. The van der Waals surface area contributed by atoms with Gasteiger partial charge in [0.25, 0.3) is 0 Å². The van der Waals surface area contributed by atoms with Crippen LogP contribution in [0.25, 0.3) is 0 Å². The first-order valence-electron chi connectivity index (χ1n) is 9.64. The van der Waals surface area contributed by atoms with Gasteiger partial charge < -0.3 is 15.1 Å². The maximum absolute atomic E-state index is 13.2. The fraction of sp³-hybridized carbons (Fsp3) is 0.450. The highest BCUT2D eigenvalue weighted by Crippen LogP contribution is 2.31. The average Bonchev–Trinajstić information content (AvgIpc) is 2.72. The van der Waals surface area contributed by atoms with Gasteiger partial charge in [-0.3, -0.25) is 9.69 Å². The molecule has 0 aliphatic carbocycles. The fourth-order valence-electron chi connectivity index (χ4n) is 3.10. The molecule has 0 unspecified atom stereocenters. The maximum Gasteiger partial charge on any atom is 0.433 e. The van der Waals surface area contributed by atoms with Crippen molar-refractivity contribution < 1.29 is 18.0 Å². The number of halogens is 3. The number of nitrogens with one attached hydrogen (secondary N) is 1. The third-order valence-corrected chi connectivity index (χ3v) is 4.80. The number of carbonyl (C=O) groups excluding carboxylic acids is 1. The number of rotatable bonds is 6. The van der Waals surface area contributed by atoms with Crippen LogP contribution in [0.3, 0.4) is 0 Å². The van der Waals surface area contributed by atoms with Crippen LogP contribution in [0, 0.1) is 0 Å². The summed E-state index contributed by atoms with van der Waals surface area (Å²) in [5.74, 6) is 0.175. The van der Waals surface area contributed by atoms with Crippen molar-refractivity contribution in [1.82, 2.24) is 20.2 Å². The van der Waals surface area contributed by atoms with Crippen LogP contribution in [0.2, 0.25) is 0 Å². The summed E-state index contributed by atoms with van der Waals surface area (Å²) < 4.78 is 39.6. The minimum absolute atomic E-state index is 0.0571. The lowest BCUT2D eigenvalue weighted by Crippen LogP contribution is -2.50. The molecule has 0 bridgehead atoms. The van der Waals surface area contributed by atoms with E-state index < -0.39 is 11.9 Å². The van der Waals surface area contributed by atoms with Gasteiger partial charge in [-0.25, -0.2) is 4.98 Å². The second kappa shape index (κ2) is 9.29. The van der Waals surface area contributed by atoms with E-state index in [4.69, 9.17) is 0 Å². The van der Waals surface area contributed by atoms with E-state index in [1.54, 1.807) is 19.0 Å². The molecule has 3 rings (SSSR count). The number of anilines is 2. The van der Waals surface area contributed by atoms with Crippen molar-refractivity contribution in [3.05, 3.63) is 47.7 Å². The molecule has 1 aliphatic heterocycles. The molecule has 30 heavy (non-hydrogen) atoms. The van der Waals surface area contributed by atoms with Gasteiger partial charge in [-0.05, 0) is 5.56 Å². The second-order valence-corrected chi connectivity index (χ2v) is 7.33. The van der Waals surface area contributed by atoms with Gasteiger partial charge >= 0.3 is 6.18 Å². The quantitative estimate of drug-likeness (QED) is 0.768. The van der Waals surface area contributed by atoms with Crippen LogP contribution >= 0.6 is 0 Å². The largest absolute Gasteiger partial charge is 0.433 e. The number of hydrogen-bond donors (Lipinski definition) is 1. The molecule has 2 heterocycles. The van der Waals surface area contributed by atoms with Crippen LogP contribution in [0.1, 0.15) is 11.3 Å². The van der Waals surface area contributed by atoms with Crippen LogP contribution < -0.4 is 15.1 Å². The minimum Gasteiger partial charge on any atom is -0.363 e. The normalized spacial score (nSPS) is 15.2. The summed E-state index contributed by atoms with van der Waals surface area (Å²) in [6.07, 6.45) is -4.54. The van der Waals surface area contributed by atoms with E-state index in [0.717, 1.165) is 11.6 Å². The molecule has 1 saturated heterocycles. The molecular weight excluding hydrogens is 397 g/mol. The highest BCUT2D eigenvalue weighted by atomic mass is 19.4. The Bertz CT molecular complexity index is 851. The Morgan fingerprint density at radius 1 is 1.10 bits per heavy atom. The topological polar surface area (TPSA) is 64.6 Å². The van der Waals surface area contributed by atoms with Gasteiger partial charge in [-0.1, -0.05) is 30.3 Å². The number of piperazine rings is 1. The number of alkyl halides is 3. The molecule has 0 atom stereocenters. The Morgan fingerprint density at radius 3 is 2.37 bits per heavy atom. The number of carbonyl (C=O) groups is 1. The monoisotopic (exact) mass is 422 g/mol. The van der Waals surface area contributed by atoms with Gasteiger partial charge in [0, 0.05) is 52.9 Å². The van der Waals surface area contributed by atoms with Crippen molar-refractivity contribution in [2.45, 2.75) is 12.7 Å². The summed E-state index contributed by atoms with van der Waals surface area (Å²) in [5.41, 5.74) is 0.0629. The van der Waals surface area contributed by atoms with E-state index >= 15 is 0 Å². The molecule has 162 valence electrons. The zero-order valence-corrected chi connectivity index (χ0v) is 17.0. The molecule has 1 fully saturated rings. The summed E-state index contributed by atoms with van der Waals surface area (Å²) in [5, 5.41) is 2.88. The summed E-state index contributed by atoms with van der Waals surface area (Å²) in [6, 6.07) is 10.6. The maximum atomic E-state index is 13.2. The van der Waals surface area contributed by atoms with Gasteiger partial charge in [0.15, 0.2) is 5.69 Å². The first-order valence-corrected chi connectivity index (χ1v) is 9.64. The predicted molar refractivity (Wildman–Crippen MR) is 108 cm³/mol. The van der Waals surface area contributed by atoms with Gasteiger partial charge in [-0.15, -0.1) is 0 Å². The lowest BCUT2D eigenvalue weighted by Gasteiger charge is -2.34. The minimum atomic E-state index is -4.54. The Labute approximate surface area is 173 Å². The van der Waals surface area contributed by atoms with E-state index in [9.17, 15) is 18.0 Å². The SMILES string of the molecule is CN(C)c1cc(C(F)(F)F)nc(N2CCN(CC(=O)NCc3ccccc3)CC2)n1. The highest BCUT2D eigenvalue weighted by molar-refractivity contribution is 5.78. The van der Waals surface area contributed by atoms with Crippen LogP contribution in [0.4, 0.5) is 24.9 Å². The van der Waals surface area contributed by atoms with E-state index in [1.165, 1.54) is 4.90 Å². The van der Waals surface area contributed by atoms with Gasteiger partial charge in [0.2, 0.25) is 11.9 Å². The third kappa shape index (κ3) is 5.82. The average molecular weight is 422 g/mol. The van der Waals surface area contributed by atoms with E-state index in [2.05, 4.69) is 15.3 Å². The van der Waals surface area contributed by atoms with E-state index in [0.29, 0.717) is 32.7 Å². The van der Waals surface area contributed by atoms with Crippen molar-refractivity contribution >= 4 is 17.7 Å². The number of amides is 1. The lowest BCUT2D eigenvalue weighted by atomic mass is 10.2. The van der Waals surface area contributed by atoms with Crippen molar-refractivity contribution in [2.75, 3.05) is 56.6 Å². The lowest BCUT2D eigenvalue weighted by molar-refractivity contribution is -0.141. The second-order valence-electron chi connectivity index (χ2n) is 7.33. The zero-order chi connectivity index (χ0) is 21.7. The van der Waals surface area contributed by atoms with E-state index in [1.807, 2.05) is 35.2 Å². The van der Waals surface area contributed by atoms with Crippen molar-refractivity contribution in [3.63, 3.8) is 0 Å². The van der Waals surface area contributed by atoms with Gasteiger partial charge in [0.05, 0.1) is 6.54 Å². The molecule has 1 N–H and O–H groups in total. The van der Waals surface area contributed by atoms with Crippen LogP contribution in [0.5, 0.6) is 0 Å². The van der Waals surface area contributed by atoms with Crippen LogP contribution in [-0.2, 0) is 17.5 Å². The third-order valence-electron chi connectivity index (χ3n) is 4.80. The number of aromatic nitrogens is 2. The summed E-state index contributed by atoms with van der Waals surface area (Å²) >= 11 is 0. The Kier molecular flexibility index (Phi) is 6.76. The first kappa shape index (κ1) is 21.8.